The van der Waals surface area contributed by atoms with Crippen LogP contribution in [0.15, 0.2) is 23.2 Å². The lowest BCUT2D eigenvalue weighted by Gasteiger charge is -2.34. The molecule has 11 nitrogen and oxygen atoms in total. The lowest BCUT2D eigenvalue weighted by atomic mass is 9.92. The fourth-order valence-electron chi connectivity index (χ4n) is 4.27. The summed E-state index contributed by atoms with van der Waals surface area (Å²) in [4.78, 5) is 54.6. The van der Waals surface area contributed by atoms with Gasteiger partial charge in [-0.25, -0.2) is 13.2 Å². The molecule has 1 aliphatic rings. The zero-order valence-corrected chi connectivity index (χ0v) is 22.2. The number of methoxy groups -OCH3 is 2. The van der Waals surface area contributed by atoms with Gasteiger partial charge in [0.2, 0.25) is 5.91 Å². The summed E-state index contributed by atoms with van der Waals surface area (Å²) in [5, 5.41) is 0. The van der Waals surface area contributed by atoms with Crippen molar-refractivity contribution in [1.29, 1.82) is 0 Å². The van der Waals surface area contributed by atoms with Gasteiger partial charge in [0, 0.05) is 13.1 Å². The molecule has 2 unspecified atom stereocenters. The number of nitrogens with zero attached hydrogens (tertiary/aromatic N) is 3. The van der Waals surface area contributed by atoms with Crippen LogP contribution < -0.4 is 4.80 Å². The van der Waals surface area contributed by atoms with E-state index in [-0.39, 0.29) is 28.7 Å². The number of aromatic nitrogens is 1. The molecule has 13 heteroatoms. The highest BCUT2D eigenvalue weighted by molar-refractivity contribution is 7.92. The highest BCUT2D eigenvalue weighted by atomic mass is 32.2. The van der Waals surface area contributed by atoms with Crippen LogP contribution in [0.25, 0.3) is 10.2 Å². The molecule has 0 radical (unpaired) electrons. The van der Waals surface area contributed by atoms with Crippen LogP contribution in [0.4, 0.5) is 0 Å². The van der Waals surface area contributed by atoms with Crippen LogP contribution in [0.2, 0.25) is 0 Å². The summed E-state index contributed by atoms with van der Waals surface area (Å²) in [5.74, 6) is -3.84. The quantitative estimate of drug-likeness (QED) is 0.475. The molecular weight excluding hydrogens is 510 g/mol. The van der Waals surface area contributed by atoms with Crippen LogP contribution in [0, 0.1) is 11.8 Å². The molecule has 0 aliphatic carbocycles. The van der Waals surface area contributed by atoms with E-state index < -0.39 is 45.1 Å². The number of hydrogen-bond donors (Lipinski definition) is 0. The Morgan fingerprint density at radius 1 is 1.06 bits per heavy atom. The second-order valence-corrected chi connectivity index (χ2v) is 12.1. The number of esters is 2. The fourth-order valence-corrected chi connectivity index (χ4v) is 6.46. The van der Waals surface area contributed by atoms with E-state index in [1.807, 2.05) is 13.8 Å². The van der Waals surface area contributed by atoms with E-state index in [1.54, 1.807) is 6.07 Å². The molecule has 1 fully saturated rings. The van der Waals surface area contributed by atoms with Gasteiger partial charge in [-0.3, -0.25) is 14.4 Å². The Labute approximate surface area is 212 Å². The summed E-state index contributed by atoms with van der Waals surface area (Å²) in [7, 11) is -1.61. The number of ether oxygens (including phenoxy) is 2. The zero-order chi connectivity index (χ0) is 26.6. The Kier molecular flexibility index (Phi) is 8.67. The van der Waals surface area contributed by atoms with Gasteiger partial charge in [-0.1, -0.05) is 25.2 Å². The first-order valence-corrected chi connectivity index (χ1v) is 13.9. The summed E-state index contributed by atoms with van der Waals surface area (Å²) in [6, 6.07) is 4.60. The standard InChI is InChI=1S/C23H29N3O8S2/c1-14-7-15(2)10-25(9-14)20(28)13-36(31,32)12-19(27)24-23-26(11-21(29)33-3)17-6-5-16(22(30)34-4)8-18(17)35-23/h5-6,8,14-15H,7,9-13H2,1-4H3. The largest absolute Gasteiger partial charge is 0.468 e. The Bertz CT molecular complexity index is 1350. The number of sulfone groups is 1. The van der Waals surface area contributed by atoms with Gasteiger partial charge in [0.1, 0.15) is 18.1 Å². The van der Waals surface area contributed by atoms with E-state index >= 15 is 0 Å². The average Bonchev–Trinajstić information content (AvgIpc) is 3.12. The number of rotatable bonds is 7. The summed E-state index contributed by atoms with van der Waals surface area (Å²) < 4.78 is 36.6. The van der Waals surface area contributed by atoms with Crippen molar-refractivity contribution >= 4 is 55.1 Å². The summed E-state index contributed by atoms with van der Waals surface area (Å²) in [6.45, 7) is 4.71. The van der Waals surface area contributed by atoms with Gasteiger partial charge < -0.3 is 18.9 Å². The minimum atomic E-state index is -4.07. The molecule has 0 spiro atoms. The molecule has 36 heavy (non-hydrogen) atoms. The van der Waals surface area contributed by atoms with Crippen LogP contribution in [-0.4, -0.2) is 80.5 Å². The molecule has 1 aliphatic heterocycles. The van der Waals surface area contributed by atoms with Crippen molar-refractivity contribution in [3.63, 3.8) is 0 Å². The molecular formula is C23H29N3O8S2. The van der Waals surface area contributed by atoms with Crippen LogP contribution >= 0.6 is 11.3 Å². The smallest absolute Gasteiger partial charge is 0.337 e. The van der Waals surface area contributed by atoms with Crippen LogP contribution in [-0.2, 0) is 40.2 Å². The second kappa shape index (κ2) is 11.3. The molecule has 2 heterocycles. The van der Waals surface area contributed by atoms with E-state index in [2.05, 4.69) is 4.99 Å². The summed E-state index contributed by atoms with van der Waals surface area (Å²) in [6.07, 6.45) is 0.968. The third kappa shape index (κ3) is 6.78. The molecule has 1 aromatic heterocycles. The predicted octanol–water partition coefficient (Wildman–Crippen LogP) is 1.01. The van der Waals surface area contributed by atoms with Crippen LogP contribution in [0.3, 0.4) is 0 Å². The summed E-state index contributed by atoms with van der Waals surface area (Å²) >= 11 is 1.000. The number of fused-ring (bicyclic) bond motifs is 1. The van der Waals surface area contributed by atoms with E-state index in [0.717, 1.165) is 17.8 Å². The third-order valence-electron chi connectivity index (χ3n) is 5.75. The fraction of sp³-hybridized carbons (Fsp3) is 0.522. The molecule has 0 saturated carbocycles. The van der Waals surface area contributed by atoms with Crippen molar-refractivity contribution in [3.8, 4) is 0 Å². The van der Waals surface area contributed by atoms with E-state index in [1.165, 1.54) is 35.8 Å². The van der Waals surface area contributed by atoms with Gasteiger partial charge in [0.05, 0.1) is 30.0 Å². The van der Waals surface area contributed by atoms with Crippen molar-refractivity contribution in [2.45, 2.75) is 26.8 Å². The number of carbonyl (C=O) groups excluding carboxylic acids is 4. The van der Waals surface area contributed by atoms with Gasteiger partial charge in [-0.15, -0.1) is 0 Å². The number of thiazole rings is 1. The van der Waals surface area contributed by atoms with Crippen molar-refractivity contribution in [2.75, 3.05) is 38.8 Å². The number of carbonyl (C=O) groups is 4. The van der Waals surface area contributed by atoms with Gasteiger partial charge in [-0.2, -0.15) is 4.99 Å². The molecule has 0 bridgehead atoms. The molecule has 3 rings (SSSR count). The van der Waals surface area contributed by atoms with Crippen molar-refractivity contribution in [2.24, 2.45) is 16.8 Å². The van der Waals surface area contributed by atoms with Crippen molar-refractivity contribution in [1.82, 2.24) is 9.47 Å². The van der Waals surface area contributed by atoms with Gasteiger partial charge in [0.15, 0.2) is 14.6 Å². The van der Waals surface area contributed by atoms with Gasteiger partial charge in [-0.05, 0) is 36.5 Å². The molecule has 2 aromatic rings. The monoisotopic (exact) mass is 539 g/mol. The van der Waals surface area contributed by atoms with E-state index in [0.29, 0.717) is 23.3 Å². The Hall–Kier alpha value is -3.06. The van der Waals surface area contributed by atoms with Crippen molar-refractivity contribution < 1.29 is 37.1 Å². The number of hydrogen-bond acceptors (Lipinski definition) is 9. The average molecular weight is 540 g/mol. The normalized spacial score (nSPS) is 18.8. The van der Waals surface area contributed by atoms with Gasteiger partial charge >= 0.3 is 11.9 Å². The predicted molar refractivity (Wildman–Crippen MR) is 132 cm³/mol. The molecule has 2 amide bonds. The molecule has 196 valence electrons. The first-order chi connectivity index (χ1) is 16.9. The number of amides is 2. The Morgan fingerprint density at radius 2 is 1.72 bits per heavy atom. The maximum atomic E-state index is 12.6. The first kappa shape index (κ1) is 27.5. The Balaban J connectivity index is 1.86. The SMILES string of the molecule is COC(=O)Cn1c(=NC(=O)CS(=O)(=O)CC(=O)N2CC(C)CC(C)C2)sc2cc(C(=O)OC)ccc21. The molecule has 1 saturated heterocycles. The lowest BCUT2D eigenvalue weighted by molar-refractivity contribution is -0.141. The first-order valence-electron chi connectivity index (χ1n) is 11.3. The summed E-state index contributed by atoms with van der Waals surface area (Å²) in [5.41, 5.74) is 0.757. The minimum absolute atomic E-state index is 0.0580. The van der Waals surface area contributed by atoms with Crippen molar-refractivity contribution in [3.05, 3.63) is 28.6 Å². The van der Waals surface area contributed by atoms with Crippen LogP contribution in [0.1, 0.15) is 30.6 Å². The highest BCUT2D eigenvalue weighted by Crippen LogP contribution is 2.22. The highest BCUT2D eigenvalue weighted by Gasteiger charge is 2.29. The molecule has 0 N–H and O–H groups in total. The topological polar surface area (TPSA) is 141 Å². The number of benzene rings is 1. The molecule has 2 atom stereocenters. The zero-order valence-electron chi connectivity index (χ0n) is 20.6. The van der Waals surface area contributed by atoms with Crippen LogP contribution in [0.5, 0.6) is 0 Å². The van der Waals surface area contributed by atoms with E-state index in [4.69, 9.17) is 9.47 Å². The minimum Gasteiger partial charge on any atom is -0.468 e. The Morgan fingerprint density at radius 3 is 2.33 bits per heavy atom. The maximum Gasteiger partial charge on any atom is 0.337 e. The maximum absolute atomic E-state index is 12.6. The molecule has 1 aromatic carbocycles. The number of piperidine rings is 1. The second-order valence-electron chi connectivity index (χ2n) is 9.00. The number of likely N-dealkylation sites (tertiary alicyclic amines) is 1. The van der Waals surface area contributed by atoms with Gasteiger partial charge in [0.25, 0.3) is 5.91 Å². The lowest BCUT2D eigenvalue weighted by Crippen LogP contribution is -2.45. The van der Waals surface area contributed by atoms with E-state index in [9.17, 15) is 27.6 Å². The third-order valence-corrected chi connectivity index (χ3v) is 8.16.